The zero-order chi connectivity index (χ0) is 12.7. The van der Waals surface area contributed by atoms with Crippen molar-refractivity contribution in [1.29, 1.82) is 0 Å². The molecule has 4 nitrogen and oxygen atoms in total. The highest BCUT2D eigenvalue weighted by molar-refractivity contribution is 5.72. The third-order valence-corrected chi connectivity index (χ3v) is 3.25. The van der Waals surface area contributed by atoms with Gasteiger partial charge in [0.05, 0.1) is 11.8 Å². The van der Waals surface area contributed by atoms with Gasteiger partial charge in [0.1, 0.15) is 0 Å². The molecule has 0 radical (unpaired) electrons. The Labute approximate surface area is 103 Å². The van der Waals surface area contributed by atoms with Crippen LogP contribution in [0.2, 0.25) is 0 Å². The van der Waals surface area contributed by atoms with Crippen LogP contribution in [0.3, 0.4) is 0 Å². The Balaban J connectivity index is 2.46. The summed E-state index contributed by atoms with van der Waals surface area (Å²) < 4.78 is 5.40. The van der Waals surface area contributed by atoms with Gasteiger partial charge in [0.25, 0.3) is 0 Å². The molecule has 0 saturated heterocycles. The van der Waals surface area contributed by atoms with Crippen molar-refractivity contribution >= 4 is 6.29 Å². The van der Waals surface area contributed by atoms with E-state index >= 15 is 0 Å². The van der Waals surface area contributed by atoms with E-state index < -0.39 is 0 Å². The van der Waals surface area contributed by atoms with E-state index in [0.717, 1.165) is 12.8 Å². The van der Waals surface area contributed by atoms with Crippen LogP contribution in [0.25, 0.3) is 0 Å². The summed E-state index contributed by atoms with van der Waals surface area (Å²) in [6, 6.07) is 0.510. The Morgan fingerprint density at radius 3 is 2.88 bits per heavy atom. The first-order valence-electron chi connectivity index (χ1n) is 6.01. The fourth-order valence-electron chi connectivity index (χ4n) is 2.16. The lowest BCUT2D eigenvalue weighted by Gasteiger charge is -2.34. The van der Waals surface area contributed by atoms with E-state index in [1.807, 2.05) is 13.2 Å². The van der Waals surface area contributed by atoms with Crippen LogP contribution in [-0.2, 0) is 9.53 Å². The fraction of sp³-hybridized carbons (Fsp3) is 0.615. The van der Waals surface area contributed by atoms with Crippen LogP contribution >= 0.6 is 0 Å². The van der Waals surface area contributed by atoms with Gasteiger partial charge in [0, 0.05) is 20.2 Å². The molecule has 2 atom stereocenters. The summed E-state index contributed by atoms with van der Waals surface area (Å²) >= 11 is 0. The van der Waals surface area contributed by atoms with E-state index in [2.05, 4.69) is 4.90 Å². The van der Waals surface area contributed by atoms with Crippen molar-refractivity contribution in [2.24, 2.45) is 5.73 Å². The Morgan fingerprint density at radius 2 is 2.24 bits per heavy atom. The molecule has 1 fully saturated rings. The third kappa shape index (κ3) is 4.61. The molecule has 4 heteroatoms. The molecule has 2 N–H and O–H groups in total. The Kier molecular flexibility index (Phi) is 5.77. The third-order valence-electron chi connectivity index (χ3n) is 3.25. The Morgan fingerprint density at radius 1 is 1.47 bits per heavy atom. The van der Waals surface area contributed by atoms with Gasteiger partial charge in [-0.2, -0.15) is 0 Å². The van der Waals surface area contributed by atoms with Crippen LogP contribution in [-0.4, -0.2) is 37.5 Å². The van der Waals surface area contributed by atoms with Gasteiger partial charge in [0.15, 0.2) is 6.29 Å². The molecule has 0 aromatic rings. The number of hydrogen-bond acceptors (Lipinski definition) is 4. The van der Waals surface area contributed by atoms with E-state index in [-0.39, 0.29) is 5.70 Å². The summed E-state index contributed by atoms with van der Waals surface area (Å²) in [5.41, 5.74) is 5.63. The predicted octanol–water partition coefficient (Wildman–Crippen LogP) is 1.43. The van der Waals surface area contributed by atoms with Gasteiger partial charge in [-0.15, -0.1) is 0 Å². The molecule has 1 aliphatic rings. The standard InChI is InChI=1S/C13H22N2O2/c1-15(8-4-5-11(14)10-16)12-6-3-7-13(9-12)17-2/h4-5,8,10,12-13H,3,6-7,9,14H2,1-2H3/b8-4-,11-5+. The van der Waals surface area contributed by atoms with Crippen molar-refractivity contribution in [3.8, 4) is 0 Å². The predicted molar refractivity (Wildman–Crippen MR) is 68.3 cm³/mol. The molecule has 0 spiro atoms. The molecule has 1 aliphatic carbocycles. The van der Waals surface area contributed by atoms with E-state index in [1.165, 1.54) is 12.8 Å². The van der Waals surface area contributed by atoms with Crippen molar-refractivity contribution in [2.45, 2.75) is 37.8 Å². The molecule has 0 bridgehead atoms. The molecular weight excluding hydrogens is 216 g/mol. The number of methoxy groups -OCH3 is 1. The maximum absolute atomic E-state index is 10.3. The van der Waals surface area contributed by atoms with E-state index in [4.69, 9.17) is 10.5 Å². The average molecular weight is 238 g/mol. The number of rotatable bonds is 5. The van der Waals surface area contributed by atoms with Crippen LogP contribution in [0.15, 0.2) is 24.0 Å². The van der Waals surface area contributed by atoms with Gasteiger partial charge in [-0.3, -0.25) is 4.79 Å². The van der Waals surface area contributed by atoms with Crippen LogP contribution in [0, 0.1) is 0 Å². The second kappa shape index (κ2) is 7.12. The smallest absolute Gasteiger partial charge is 0.165 e. The summed E-state index contributed by atoms with van der Waals surface area (Å²) in [5.74, 6) is 0. The molecule has 0 aromatic heterocycles. The minimum atomic E-state index is 0.244. The molecule has 0 amide bonds. The summed E-state index contributed by atoms with van der Waals surface area (Å²) in [5, 5.41) is 0. The molecule has 17 heavy (non-hydrogen) atoms. The summed E-state index contributed by atoms with van der Waals surface area (Å²) in [6.45, 7) is 0. The number of nitrogens with zero attached hydrogens (tertiary/aromatic N) is 1. The highest BCUT2D eigenvalue weighted by atomic mass is 16.5. The van der Waals surface area contributed by atoms with Crippen LogP contribution in [0.1, 0.15) is 25.7 Å². The first-order chi connectivity index (χ1) is 8.17. The summed E-state index contributed by atoms with van der Waals surface area (Å²) in [7, 11) is 3.82. The number of allylic oxidation sites excluding steroid dienone is 3. The van der Waals surface area contributed by atoms with Crippen LogP contribution in [0.5, 0.6) is 0 Å². The largest absolute Gasteiger partial charge is 0.396 e. The molecule has 2 unspecified atom stereocenters. The maximum Gasteiger partial charge on any atom is 0.165 e. The molecule has 0 aliphatic heterocycles. The molecule has 1 saturated carbocycles. The SMILES string of the molecule is COC1CCCC(N(C)/C=C\C=C(\N)C=O)C1. The van der Waals surface area contributed by atoms with Crippen molar-refractivity contribution in [2.75, 3.05) is 14.2 Å². The molecule has 1 rings (SSSR count). The maximum atomic E-state index is 10.3. The number of ether oxygens (including phenoxy) is 1. The minimum Gasteiger partial charge on any atom is -0.396 e. The van der Waals surface area contributed by atoms with Crippen LogP contribution in [0.4, 0.5) is 0 Å². The van der Waals surface area contributed by atoms with Crippen molar-refractivity contribution in [3.63, 3.8) is 0 Å². The zero-order valence-corrected chi connectivity index (χ0v) is 10.6. The topological polar surface area (TPSA) is 55.6 Å². The highest BCUT2D eigenvalue weighted by Gasteiger charge is 2.23. The lowest BCUT2D eigenvalue weighted by atomic mass is 9.92. The van der Waals surface area contributed by atoms with E-state index in [0.29, 0.717) is 18.4 Å². The first-order valence-corrected chi connectivity index (χ1v) is 6.01. The Hall–Kier alpha value is -1.29. The molecule has 0 heterocycles. The van der Waals surface area contributed by atoms with Gasteiger partial charge in [-0.25, -0.2) is 0 Å². The number of carbonyl (C=O) groups excluding carboxylic acids is 1. The highest BCUT2D eigenvalue weighted by Crippen LogP contribution is 2.24. The lowest BCUT2D eigenvalue weighted by Crippen LogP contribution is -2.35. The second-order valence-electron chi connectivity index (χ2n) is 4.47. The Bertz CT molecular complexity index is 300. The number of nitrogens with two attached hydrogens (primary N) is 1. The van der Waals surface area contributed by atoms with E-state index in [1.54, 1.807) is 19.3 Å². The normalized spacial score (nSPS) is 26.1. The van der Waals surface area contributed by atoms with Crippen molar-refractivity contribution < 1.29 is 9.53 Å². The van der Waals surface area contributed by atoms with E-state index in [9.17, 15) is 4.79 Å². The van der Waals surface area contributed by atoms with Crippen molar-refractivity contribution in [1.82, 2.24) is 4.90 Å². The lowest BCUT2D eigenvalue weighted by molar-refractivity contribution is -0.104. The van der Waals surface area contributed by atoms with Gasteiger partial charge in [-0.1, -0.05) is 0 Å². The number of aldehydes is 1. The average Bonchev–Trinajstić information content (AvgIpc) is 2.38. The molecule has 0 aromatic carbocycles. The quantitative estimate of drug-likeness (QED) is 0.447. The molecule has 96 valence electrons. The van der Waals surface area contributed by atoms with Crippen molar-refractivity contribution in [3.05, 3.63) is 24.0 Å². The zero-order valence-electron chi connectivity index (χ0n) is 10.6. The summed E-state index contributed by atoms with van der Waals surface area (Å²) in [6.07, 6.45) is 11.0. The van der Waals surface area contributed by atoms with Gasteiger partial charge in [0.2, 0.25) is 0 Å². The first kappa shape index (κ1) is 13.8. The summed E-state index contributed by atoms with van der Waals surface area (Å²) in [4.78, 5) is 12.5. The monoisotopic (exact) mass is 238 g/mol. The molecular formula is C13H22N2O2. The number of hydrogen-bond donors (Lipinski definition) is 1. The number of carbonyl (C=O) groups is 1. The van der Waals surface area contributed by atoms with Gasteiger partial charge >= 0.3 is 0 Å². The fourth-order valence-corrected chi connectivity index (χ4v) is 2.16. The van der Waals surface area contributed by atoms with Gasteiger partial charge in [-0.05, 0) is 44.0 Å². The van der Waals surface area contributed by atoms with Crippen LogP contribution < -0.4 is 5.73 Å². The minimum absolute atomic E-state index is 0.244. The second-order valence-corrected chi connectivity index (χ2v) is 4.47. The van der Waals surface area contributed by atoms with Gasteiger partial charge < -0.3 is 15.4 Å².